The molecular weight excluding hydrogens is 205 g/mol. The van der Waals surface area contributed by atoms with Crippen molar-refractivity contribution in [3.8, 4) is 5.75 Å². The standard InChI is InChI=1S/C11H16BNO3/c1-8-5-10(16-12(14)15)6-9-3-4-13(2)7-11(8)9/h5-6,14-15H,3-4,7H2,1-2H3. The van der Waals surface area contributed by atoms with E-state index in [1.807, 2.05) is 19.1 Å². The Labute approximate surface area is 95.6 Å². The lowest BCUT2D eigenvalue weighted by atomic mass is 9.95. The smallest absolute Gasteiger partial charge is 0.512 e. The molecule has 0 saturated carbocycles. The van der Waals surface area contributed by atoms with E-state index in [-0.39, 0.29) is 0 Å². The van der Waals surface area contributed by atoms with E-state index < -0.39 is 7.32 Å². The number of aryl methyl sites for hydroxylation is 1. The lowest BCUT2D eigenvalue weighted by Crippen LogP contribution is -2.27. The highest BCUT2D eigenvalue weighted by Crippen LogP contribution is 2.26. The van der Waals surface area contributed by atoms with Crippen molar-refractivity contribution in [2.24, 2.45) is 0 Å². The first-order valence-corrected chi connectivity index (χ1v) is 5.40. The lowest BCUT2D eigenvalue weighted by Gasteiger charge is -2.27. The highest BCUT2D eigenvalue weighted by atomic mass is 16.6. The molecule has 0 spiro atoms. The summed E-state index contributed by atoms with van der Waals surface area (Å²) in [5.41, 5.74) is 3.71. The SMILES string of the molecule is Cc1cc(OB(O)O)cc2c1CN(C)CC2. The van der Waals surface area contributed by atoms with Crippen LogP contribution in [0.15, 0.2) is 12.1 Å². The van der Waals surface area contributed by atoms with Crippen LogP contribution in [0.4, 0.5) is 0 Å². The molecule has 16 heavy (non-hydrogen) atoms. The maximum absolute atomic E-state index is 8.77. The van der Waals surface area contributed by atoms with Gasteiger partial charge in [0.25, 0.3) is 0 Å². The highest BCUT2D eigenvalue weighted by molar-refractivity contribution is 6.33. The molecule has 4 nitrogen and oxygen atoms in total. The van der Waals surface area contributed by atoms with E-state index in [1.165, 1.54) is 11.1 Å². The first-order chi connectivity index (χ1) is 7.56. The van der Waals surface area contributed by atoms with Gasteiger partial charge in [0.15, 0.2) is 0 Å². The number of nitrogens with zero attached hydrogens (tertiary/aromatic N) is 1. The topological polar surface area (TPSA) is 52.9 Å². The Kier molecular flexibility index (Phi) is 3.19. The van der Waals surface area contributed by atoms with E-state index in [9.17, 15) is 0 Å². The molecule has 1 aliphatic heterocycles. The normalized spacial score (nSPS) is 15.8. The number of hydrogen-bond acceptors (Lipinski definition) is 4. The summed E-state index contributed by atoms with van der Waals surface area (Å²) in [6.45, 7) is 4.00. The fraction of sp³-hybridized carbons (Fsp3) is 0.455. The number of hydrogen-bond donors (Lipinski definition) is 2. The van der Waals surface area contributed by atoms with Crippen LogP contribution in [0.1, 0.15) is 16.7 Å². The summed E-state index contributed by atoms with van der Waals surface area (Å²) in [4.78, 5) is 2.27. The van der Waals surface area contributed by atoms with Gasteiger partial charge in [-0.1, -0.05) is 0 Å². The van der Waals surface area contributed by atoms with Gasteiger partial charge in [-0.25, -0.2) is 0 Å². The van der Waals surface area contributed by atoms with Crippen LogP contribution in [-0.4, -0.2) is 35.9 Å². The third kappa shape index (κ3) is 2.37. The Balaban J connectivity index is 2.31. The fourth-order valence-electron chi connectivity index (χ4n) is 2.15. The van der Waals surface area contributed by atoms with Crippen LogP contribution in [0.5, 0.6) is 5.75 Å². The zero-order chi connectivity index (χ0) is 11.7. The molecule has 1 aromatic carbocycles. The van der Waals surface area contributed by atoms with E-state index in [1.54, 1.807) is 0 Å². The summed E-state index contributed by atoms with van der Waals surface area (Å²) in [7, 11) is 0.355. The molecule has 0 atom stereocenters. The third-order valence-electron chi connectivity index (χ3n) is 2.97. The zero-order valence-corrected chi connectivity index (χ0v) is 9.60. The predicted octanol–water partition coefficient (Wildman–Crippen LogP) is 0.331. The third-order valence-corrected chi connectivity index (χ3v) is 2.97. The molecule has 5 heteroatoms. The van der Waals surface area contributed by atoms with Crippen molar-refractivity contribution in [2.75, 3.05) is 13.6 Å². The summed E-state index contributed by atoms with van der Waals surface area (Å²) < 4.78 is 4.89. The molecule has 2 rings (SSSR count). The van der Waals surface area contributed by atoms with Gasteiger partial charge < -0.3 is 19.6 Å². The summed E-state index contributed by atoms with van der Waals surface area (Å²) in [5, 5.41) is 17.5. The van der Waals surface area contributed by atoms with Gasteiger partial charge in [0, 0.05) is 13.1 Å². The van der Waals surface area contributed by atoms with Gasteiger partial charge in [-0.15, -0.1) is 0 Å². The van der Waals surface area contributed by atoms with Crippen LogP contribution < -0.4 is 4.65 Å². The molecule has 1 aromatic rings. The van der Waals surface area contributed by atoms with E-state index in [2.05, 4.69) is 11.9 Å². The molecule has 0 aromatic heterocycles. The van der Waals surface area contributed by atoms with Gasteiger partial charge in [-0.05, 0) is 49.2 Å². The molecule has 86 valence electrons. The Bertz CT molecular complexity index is 395. The Morgan fingerprint density at radius 1 is 1.38 bits per heavy atom. The lowest BCUT2D eigenvalue weighted by molar-refractivity contribution is 0.286. The van der Waals surface area contributed by atoms with Gasteiger partial charge in [-0.2, -0.15) is 0 Å². The predicted molar refractivity (Wildman–Crippen MR) is 62.0 cm³/mol. The molecule has 0 aliphatic carbocycles. The first kappa shape index (κ1) is 11.5. The van der Waals surface area contributed by atoms with Crippen LogP contribution in [0.3, 0.4) is 0 Å². The van der Waals surface area contributed by atoms with E-state index in [0.29, 0.717) is 5.75 Å². The van der Waals surface area contributed by atoms with Crippen molar-refractivity contribution in [1.29, 1.82) is 0 Å². The zero-order valence-electron chi connectivity index (χ0n) is 9.60. The van der Waals surface area contributed by atoms with Crippen LogP contribution in [0, 0.1) is 6.92 Å². The minimum absolute atomic E-state index is 0.524. The van der Waals surface area contributed by atoms with Gasteiger partial charge in [0.2, 0.25) is 0 Å². The molecule has 0 saturated heterocycles. The highest BCUT2D eigenvalue weighted by Gasteiger charge is 2.18. The molecule has 0 radical (unpaired) electrons. The van der Waals surface area contributed by atoms with Crippen molar-refractivity contribution < 1.29 is 14.7 Å². The van der Waals surface area contributed by atoms with Crippen LogP contribution >= 0.6 is 0 Å². The number of likely N-dealkylation sites (N-methyl/N-ethyl adjacent to an activating group) is 1. The molecule has 1 aliphatic rings. The second-order valence-electron chi connectivity index (χ2n) is 4.31. The molecule has 0 unspecified atom stereocenters. The Morgan fingerprint density at radius 3 is 2.81 bits per heavy atom. The number of benzene rings is 1. The van der Waals surface area contributed by atoms with Crippen molar-refractivity contribution in [1.82, 2.24) is 4.90 Å². The number of fused-ring (bicyclic) bond motifs is 1. The molecular formula is C11H16BNO3. The summed E-state index contributed by atoms with van der Waals surface area (Å²) in [5.74, 6) is 0.524. The average molecular weight is 221 g/mol. The van der Waals surface area contributed by atoms with Crippen LogP contribution in [-0.2, 0) is 13.0 Å². The second-order valence-corrected chi connectivity index (χ2v) is 4.31. The quantitative estimate of drug-likeness (QED) is 0.706. The summed E-state index contributed by atoms with van der Waals surface area (Å²) in [6.07, 6.45) is 0.978. The Hall–Kier alpha value is -1.04. The van der Waals surface area contributed by atoms with Crippen LogP contribution in [0.25, 0.3) is 0 Å². The van der Waals surface area contributed by atoms with E-state index >= 15 is 0 Å². The average Bonchev–Trinajstić information content (AvgIpc) is 2.18. The monoisotopic (exact) mass is 221 g/mol. The first-order valence-electron chi connectivity index (χ1n) is 5.40. The van der Waals surface area contributed by atoms with Crippen LogP contribution in [0.2, 0.25) is 0 Å². The molecule has 1 heterocycles. The Morgan fingerprint density at radius 2 is 2.12 bits per heavy atom. The molecule has 0 amide bonds. The van der Waals surface area contributed by atoms with Crippen molar-refractivity contribution in [3.05, 3.63) is 28.8 Å². The maximum Gasteiger partial charge on any atom is 0.707 e. The minimum Gasteiger partial charge on any atom is -0.512 e. The van der Waals surface area contributed by atoms with E-state index in [0.717, 1.165) is 25.1 Å². The fourth-order valence-corrected chi connectivity index (χ4v) is 2.15. The molecule has 0 bridgehead atoms. The van der Waals surface area contributed by atoms with Gasteiger partial charge >= 0.3 is 7.32 Å². The van der Waals surface area contributed by atoms with Gasteiger partial charge in [0.05, 0.1) is 0 Å². The van der Waals surface area contributed by atoms with Crippen molar-refractivity contribution >= 4 is 7.32 Å². The largest absolute Gasteiger partial charge is 0.707 e. The summed E-state index contributed by atoms with van der Waals surface area (Å²) >= 11 is 0. The maximum atomic E-state index is 8.77. The summed E-state index contributed by atoms with van der Waals surface area (Å²) in [6, 6.07) is 3.74. The molecule has 0 fully saturated rings. The van der Waals surface area contributed by atoms with Crippen molar-refractivity contribution in [2.45, 2.75) is 19.9 Å². The van der Waals surface area contributed by atoms with Gasteiger partial charge in [-0.3, -0.25) is 0 Å². The molecule has 2 N–H and O–H groups in total. The van der Waals surface area contributed by atoms with E-state index in [4.69, 9.17) is 14.7 Å². The number of rotatable bonds is 2. The van der Waals surface area contributed by atoms with Crippen molar-refractivity contribution in [3.63, 3.8) is 0 Å². The van der Waals surface area contributed by atoms with Gasteiger partial charge in [0.1, 0.15) is 5.75 Å². The second kappa shape index (κ2) is 4.45. The minimum atomic E-state index is -1.75.